The molecule has 0 radical (unpaired) electrons. The SMILES string of the molecule is CN(Cc1ccccc1)S(=O)(=O)c1ccc(NC(=O)NC2CCCCC2O)cc1. The molecule has 156 valence electrons. The summed E-state index contributed by atoms with van der Waals surface area (Å²) in [4.78, 5) is 12.3. The van der Waals surface area contributed by atoms with Crippen molar-refractivity contribution in [3.05, 3.63) is 60.2 Å². The van der Waals surface area contributed by atoms with E-state index in [1.165, 1.54) is 23.5 Å². The van der Waals surface area contributed by atoms with E-state index in [4.69, 9.17) is 0 Å². The van der Waals surface area contributed by atoms with E-state index in [2.05, 4.69) is 10.6 Å². The summed E-state index contributed by atoms with van der Waals surface area (Å²) in [5.74, 6) is 0. The Morgan fingerprint density at radius 3 is 2.38 bits per heavy atom. The number of sulfonamides is 1. The molecule has 2 aromatic carbocycles. The van der Waals surface area contributed by atoms with Gasteiger partial charge in [0.05, 0.1) is 17.0 Å². The molecule has 0 heterocycles. The third kappa shape index (κ3) is 5.56. The van der Waals surface area contributed by atoms with Crippen LogP contribution in [0.4, 0.5) is 10.5 Å². The fraction of sp³-hybridized carbons (Fsp3) is 0.381. The normalized spacial score (nSPS) is 19.7. The van der Waals surface area contributed by atoms with Crippen LogP contribution in [0, 0.1) is 0 Å². The number of carbonyl (C=O) groups excluding carboxylic acids is 1. The third-order valence-electron chi connectivity index (χ3n) is 5.11. The highest BCUT2D eigenvalue weighted by molar-refractivity contribution is 7.89. The summed E-state index contributed by atoms with van der Waals surface area (Å²) in [5, 5.41) is 15.4. The second kappa shape index (κ2) is 9.39. The fourth-order valence-corrected chi connectivity index (χ4v) is 4.59. The molecule has 3 N–H and O–H groups in total. The number of nitrogens with zero attached hydrogens (tertiary/aromatic N) is 1. The maximum Gasteiger partial charge on any atom is 0.319 e. The number of aliphatic hydroxyl groups excluding tert-OH is 1. The quantitative estimate of drug-likeness (QED) is 0.673. The molecule has 2 atom stereocenters. The summed E-state index contributed by atoms with van der Waals surface area (Å²) < 4.78 is 26.8. The predicted molar refractivity (Wildman–Crippen MR) is 112 cm³/mol. The highest BCUT2D eigenvalue weighted by Crippen LogP contribution is 2.20. The highest BCUT2D eigenvalue weighted by Gasteiger charge is 2.25. The van der Waals surface area contributed by atoms with Gasteiger partial charge in [0.15, 0.2) is 0 Å². The zero-order chi connectivity index (χ0) is 20.9. The maximum atomic E-state index is 12.8. The number of benzene rings is 2. The Labute approximate surface area is 171 Å². The minimum atomic E-state index is -3.64. The van der Waals surface area contributed by atoms with E-state index in [9.17, 15) is 18.3 Å². The first-order chi connectivity index (χ1) is 13.9. The van der Waals surface area contributed by atoms with Crippen molar-refractivity contribution < 1.29 is 18.3 Å². The topological polar surface area (TPSA) is 98.7 Å². The number of aliphatic hydroxyl groups is 1. The molecule has 0 spiro atoms. The van der Waals surface area contributed by atoms with Crippen molar-refractivity contribution in [2.45, 2.75) is 49.3 Å². The second-order valence-electron chi connectivity index (χ2n) is 7.33. The van der Waals surface area contributed by atoms with Gasteiger partial charge < -0.3 is 15.7 Å². The monoisotopic (exact) mass is 417 g/mol. The van der Waals surface area contributed by atoms with Gasteiger partial charge in [-0.05, 0) is 42.7 Å². The van der Waals surface area contributed by atoms with Gasteiger partial charge in [-0.2, -0.15) is 4.31 Å². The van der Waals surface area contributed by atoms with Crippen molar-refractivity contribution in [1.82, 2.24) is 9.62 Å². The van der Waals surface area contributed by atoms with Crippen LogP contribution in [0.5, 0.6) is 0 Å². The molecule has 7 nitrogen and oxygen atoms in total. The molecule has 1 fully saturated rings. The van der Waals surface area contributed by atoms with Crippen LogP contribution < -0.4 is 10.6 Å². The van der Waals surface area contributed by atoms with E-state index in [0.29, 0.717) is 12.1 Å². The number of carbonyl (C=O) groups is 1. The van der Waals surface area contributed by atoms with Crippen molar-refractivity contribution in [2.75, 3.05) is 12.4 Å². The summed E-state index contributed by atoms with van der Waals surface area (Å²) >= 11 is 0. The Morgan fingerprint density at radius 2 is 1.72 bits per heavy atom. The minimum Gasteiger partial charge on any atom is -0.391 e. The molecular weight excluding hydrogens is 390 g/mol. The molecule has 29 heavy (non-hydrogen) atoms. The highest BCUT2D eigenvalue weighted by atomic mass is 32.2. The Balaban J connectivity index is 1.60. The molecule has 1 aliphatic rings. The van der Waals surface area contributed by atoms with Gasteiger partial charge in [-0.15, -0.1) is 0 Å². The lowest BCUT2D eigenvalue weighted by Gasteiger charge is -2.28. The molecule has 0 saturated heterocycles. The summed E-state index contributed by atoms with van der Waals surface area (Å²) in [6.07, 6.45) is 2.86. The van der Waals surface area contributed by atoms with Gasteiger partial charge in [0.25, 0.3) is 0 Å². The number of urea groups is 1. The minimum absolute atomic E-state index is 0.157. The first-order valence-electron chi connectivity index (χ1n) is 9.72. The van der Waals surface area contributed by atoms with Crippen LogP contribution in [0.2, 0.25) is 0 Å². The van der Waals surface area contributed by atoms with E-state index in [-0.39, 0.29) is 17.5 Å². The molecule has 2 aromatic rings. The summed E-state index contributed by atoms with van der Waals surface area (Å²) in [6.45, 7) is 0.273. The molecular formula is C21H27N3O4S. The molecule has 2 unspecified atom stereocenters. The van der Waals surface area contributed by atoms with Gasteiger partial charge in [-0.3, -0.25) is 0 Å². The van der Waals surface area contributed by atoms with Crippen LogP contribution in [0.25, 0.3) is 0 Å². The molecule has 0 aromatic heterocycles. The Morgan fingerprint density at radius 1 is 1.07 bits per heavy atom. The van der Waals surface area contributed by atoms with Gasteiger partial charge in [0, 0.05) is 19.3 Å². The zero-order valence-electron chi connectivity index (χ0n) is 16.4. The first kappa shape index (κ1) is 21.3. The summed E-state index contributed by atoms with van der Waals surface area (Å²) in [6, 6.07) is 14.8. The van der Waals surface area contributed by atoms with Crippen molar-refractivity contribution >= 4 is 21.7 Å². The first-order valence-corrected chi connectivity index (χ1v) is 11.2. The molecule has 3 rings (SSSR count). The van der Waals surface area contributed by atoms with Crippen molar-refractivity contribution in [2.24, 2.45) is 0 Å². The Hall–Kier alpha value is -2.42. The molecule has 2 amide bonds. The Kier molecular flexibility index (Phi) is 6.89. The molecule has 8 heteroatoms. The van der Waals surface area contributed by atoms with Crippen molar-refractivity contribution in [1.29, 1.82) is 0 Å². The van der Waals surface area contributed by atoms with Crippen LogP contribution in [0.3, 0.4) is 0 Å². The van der Waals surface area contributed by atoms with Crippen LogP contribution in [0.15, 0.2) is 59.5 Å². The molecule has 1 saturated carbocycles. The largest absolute Gasteiger partial charge is 0.391 e. The number of amides is 2. The van der Waals surface area contributed by atoms with E-state index >= 15 is 0 Å². The fourth-order valence-electron chi connectivity index (χ4n) is 3.43. The second-order valence-corrected chi connectivity index (χ2v) is 9.37. The van der Waals surface area contributed by atoms with Gasteiger partial charge in [-0.25, -0.2) is 13.2 Å². The smallest absolute Gasteiger partial charge is 0.319 e. The lowest BCUT2D eigenvalue weighted by molar-refractivity contribution is 0.0955. The van der Waals surface area contributed by atoms with Crippen molar-refractivity contribution in [3.8, 4) is 0 Å². The zero-order valence-corrected chi connectivity index (χ0v) is 17.2. The lowest BCUT2D eigenvalue weighted by Crippen LogP contribution is -2.46. The molecule has 1 aliphatic carbocycles. The number of nitrogens with one attached hydrogen (secondary N) is 2. The lowest BCUT2D eigenvalue weighted by atomic mass is 9.93. The number of rotatable bonds is 6. The average Bonchev–Trinajstić information content (AvgIpc) is 2.71. The maximum absolute atomic E-state index is 12.8. The van der Waals surface area contributed by atoms with Crippen molar-refractivity contribution in [3.63, 3.8) is 0 Å². The van der Waals surface area contributed by atoms with Crippen LogP contribution in [-0.4, -0.2) is 43.1 Å². The van der Waals surface area contributed by atoms with Crippen LogP contribution >= 0.6 is 0 Å². The summed E-state index contributed by atoms with van der Waals surface area (Å²) in [7, 11) is -2.10. The predicted octanol–water partition coefficient (Wildman–Crippen LogP) is 2.93. The third-order valence-corrected chi connectivity index (χ3v) is 6.93. The molecule has 0 bridgehead atoms. The number of hydrogen-bond acceptors (Lipinski definition) is 4. The van der Waals surface area contributed by atoms with E-state index in [0.717, 1.165) is 24.8 Å². The average molecular weight is 418 g/mol. The van der Waals surface area contributed by atoms with Gasteiger partial charge in [0.2, 0.25) is 10.0 Å². The van der Waals surface area contributed by atoms with Gasteiger partial charge in [0.1, 0.15) is 0 Å². The van der Waals surface area contributed by atoms with E-state index < -0.39 is 22.2 Å². The Bertz CT molecular complexity index is 917. The van der Waals surface area contributed by atoms with E-state index in [1.54, 1.807) is 12.1 Å². The van der Waals surface area contributed by atoms with E-state index in [1.807, 2.05) is 30.3 Å². The van der Waals surface area contributed by atoms with Gasteiger partial charge >= 0.3 is 6.03 Å². The number of anilines is 1. The van der Waals surface area contributed by atoms with Crippen LogP contribution in [0.1, 0.15) is 31.2 Å². The van der Waals surface area contributed by atoms with Crippen LogP contribution in [-0.2, 0) is 16.6 Å². The standard InChI is InChI=1S/C21H27N3O4S/c1-24(15-16-7-3-2-4-8-16)29(27,28)18-13-11-17(12-14-18)22-21(26)23-19-9-5-6-10-20(19)25/h2-4,7-8,11-14,19-20,25H,5-6,9-10,15H2,1H3,(H2,22,23,26). The number of hydrogen-bond donors (Lipinski definition) is 3. The summed E-state index contributed by atoms with van der Waals surface area (Å²) in [5.41, 5.74) is 1.39. The molecule has 0 aliphatic heterocycles. The van der Waals surface area contributed by atoms with Gasteiger partial charge in [-0.1, -0.05) is 43.2 Å².